The van der Waals surface area contributed by atoms with Crippen molar-refractivity contribution >= 4 is 50.9 Å². The molecule has 1 N–H and O–H groups in total. The molecule has 0 unspecified atom stereocenters. The van der Waals surface area contributed by atoms with Crippen LogP contribution in [0.25, 0.3) is 0 Å². The summed E-state index contributed by atoms with van der Waals surface area (Å²) in [4.78, 5) is 28.4. The van der Waals surface area contributed by atoms with Gasteiger partial charge in [0.15, 0.2) is 6.61 Å². The zero-order chi connectivity index (χ0) is 26.2. The van der Waals surface area contributed by atoms with Gasteiger partial charge in [-0.25, -0.2) is 0 Å². The third-order valence-electron chi connectivity index (χ3n) is 6.67. The van der Waals surface area contributed by atoms with E-state index in [1.165, 1.54) is 12.0 Å². The number of hydrogen-bond donors (Lipinski definition) is 1. The quantitative estimate of drug-likeness (QED) is 0.308. The summed E-state index contributed by atoms with van der Waals surface area (Å²) in [6.07, 6.45) is 5.86. The van der Waals surface area contributed by atoms with E-state index in [0.717, 1.165) is 35.7 Å². The average Bonchev–Trinajstić information content (AvgIpc) is 2.84. The summed E-state index contributed by atoms with van der Waals surface area (Å²) >= 11 is 16.1. The largest absolute Gasteiger partial charge is 0.483 e. The zero-order valence-electron chi connectivity index (χ0n) is 21.2. The minimum absolute atomic E-state index is 0.134. The number of ether oxygens (including phenoxy) is 1. The van der Waals surface area contributed by atoms with Gasteiger partial charge in [0.05, 0.1) is 4.47 Å². The molecule has 2 aromatic carbocycles. The number of amides is 2. The van der Waals surface area contributed by atoms with Crippen molar-refractivity contribution < 1.29 is 14.3 Å². The van der Waals surface area contributed by atoms with Gasteiger partial charge >= 0.3 is 0 Å². The van der Waals surface area contributed by atoms with Gasteiger partial charge in [-0.1, -0.05) is 75.4 Å². The Balaban J connectivity index is 1.80. The predicted octanol–water partition coefficient (Wildman–Crippen LogP) is 7.51. The molecule has 1 saturated carbocycles. The molecule has 196 valence electrons. The summed E-state index contributed by atoms with van der Waals surface area (Å²) in [6.45, 7) is 6.14. The van der Waals surface area contributed by atoms with Crippen molar-refractivity contribution in [3.63, 3.8) is 0 Å². The van der Waals surface area contributed by atoms with Crippen molar-refractivity contribution in [1.29, 1.82) is 0 Å². The molecule has 0 aliphatic heterocycles. The van der Waals surface area contributed by atoms with E-state index >= 15 is 0 Å². The molecule has 1 fully saturated rings. The molecule has 0 bridgehead atoms. The highest BCUT2D eigenvalue weighted by molar-refractivity contribution is 9.10. The minimum atomic E-state index is -0.637. The molecule has 0 saturated heterocycles. The van der Waals surface area contributed by atoms with Gasteiger partial charge in [-0.15, -0.1) is 0 Å². The van der Waals surface area contributed by atoms with Crippen LogP contribution in [0.5, 0.6) is 5.75 Å². The molecule has 0 radical (unpaired) electrons. The number of benzene rings is 2. The molecule has 5 nitrogen and oxygen atoms in total. The number of carbonyl (C=O) groups is 2. The number of nitrogens with one attached hydrogen (secondary N) is 1. The number of carbonyl (C=O) groups excluding carboxylic acids is 2. The van der Waals surface area contributed by atoms with Gasteiger partial charge in [-0.05, 0) is 76.5 Å². The predicted molar refractivity (Wildman–Crippen MR) is 150 cm³/mol. The van der Waals surface area contributed by atoms with Gasteiger partial charge in [-0.3, -0.25) is 9.59 Å². The highest BCUT2D eigenvalue weighted by Crippen LogP contribution is 2.29. The average molecular weight is 598 g/mol. The Morgan fingerprint density at radius 2 is 1.83 bits per heavy atom. The zero-order valence-corrected chi connectivity index (χ0v) is 24.3. The normalized spacial score (nSPS) is 15.0. The van der Waals surface area contributed by atoms with E-state index in [2.05, 4.69) is 35.1 Å². The van der Waals surface area contributed by atoms with E-state index in [1.807, 2.05) is 25.1 Å². The molecule has 2 aromatic rings. The van der Waals surface area contributed by atoms with Crippen molar-refractivity contribution in [2.24, 2.45) is 0 Å². The van der Waals surface area contributed by atoms with Gasteiger partial charge in [0.25, 0.3) is 5.91 Å². The van der Waals surface area contributed by atoms with E-state index in [0.29, 0.717) is 28.1 Å². The van der Waals surface area contributed by atoms with Crippen LogP contribution in [-0.2, 0) is 16.1 Å². The molecule has 2 amide bonds. The molecule has 1 aliphatic rings. The van der Waals surface area contributed by atoms with E-state index in [1.54, 1.807) is 23.1 Å². The van der Waals surface area contributed by atoms with Gasteiger partial charge < -0.3 is 15.0 Å². The lowest BCUT2D eigenvalue weighted by Crippen LogP contribution is -2.52. The molecule has 0 aromatic heterocycles. The summed E-state index contributed by atoms with van der Waals surface area (Å²) in [6, 6.07) is 10.5. The van der Waals surface area contributed by atoms with E-state index in [-0.39, 0.29) is 31.0 Å². The lowest BCUT2D eigenvalue weighted by molar-refractivity contribution is -0.143. The highest BCUT2D eigenvalue weighted by Gasteiger charge is 2.31. The molecule has 0 spiro atoms. The lowest BCUT2D eigenvalue weighted by Gasteiger charge is -2.33. The van der Waals surface area contributed by atoms with Crippen molar-refractivity contribution in [2.75, 3.05) is 6.61 Å². The fourth-order valence-electron chi connectivity index (χ4n) is 4.51. The Kier molecular flexibility index (Phi) is 11.0. The molecule has 1 aliphatic carbocycles. The second-order valence-electron chi connectivity index (χ2n) is 9.66. The number of halogens is 3. The van der Waals surface area contributed by atoms with E-state index in [9.17, 15) is 9.59 Å². The van der Waals surface area contributed by atoms with Crippen LogP contribution in [0.1, 0.15) is 76.3 Å². The summed E-state index contributed by atoms with van der Waals surface area (Å²) < 4.78 is 6.69. The Morgan fingerprint density at radius 3 is 2.44 bits per heavy atom. The summed E-state index contributed by atoms with van der Waals surface area (Å²) in [5.74, 6) is 0.540. The van der Waals surface area contributed by atoms with Crippen molar-refractivity contribution in [2.45, 2.75) is 83.8 Å². The maximum atomic E-state index is 13.5. The first-order chi connectivity index (χ1) is 17.2. The van der Waals surface area contributed by atoms with E-state index < -0.39 is 6.04 Å². The Labute approximate surface area is 233 Å². The first-order valence-corrected chi connectivity index (χ1v) is 14.2. The van der Waals surface area contributed by atoms with Crippen molar-refractivity contribution in [3.05, 3.63) is 62.0 Å². The minimum Gasteiger partial charge on any atom is -0.483 e. The van der Waals surface area contributed by atoms with Crippen LogP contribution in [-0.4, -0.2) is 35.4 Å². The summed E-state index contributed by atoms with van der Waals surface area (Å²) in [5, 5.41) is 4.15. The van der Waals surface area contributed by atoms with Crippen LogP contribution >= 0.6 is 39.1 Å². The van der Waals surface area contributed by atoms with Crippen molar-refractivity contribution in [3.8, 4) is 5.75 Å². The monoisotopic (exact) mass is 596 g/mol. The first kappa shape index (κ1) is 28.8. The van der Waals surface area contributed by atoms with Gasteiger partial charge in [0, 0.05) is 22.6 Å². The lowest BCUT2D eigenvalue weighted by atomic mass is 9.95. The number of nitrogens with zero attached hydrogens (tertiary/aromatic N) is 1. The Morgan fingerprint density at radius 1 is 1.11 bits per heavy atom. The summed E-state index contributed by atoms with van der Waals surface area (Å²) in [5.41, 5.74) is 1.89. The van der Waals surface area contributed by atoms with Gasteiger partial charge in [-0.2, -0.15) is 0 Å². The third kappa shape index (κ3) is 7.87. The molecule has 8 heteroatoms. The molecule has 3 rings (SSSR count). The van der Waals surface area contributed by atoms with Crippen LogP contribution in [0.3, 0.4) is 0 Å². The molecular weight excluding hydrogens is 563 g/mol. The Hall–Kier alpha value is -1.76. The van der Waals surface area contributed by atoms with E-state index in [4.69, 9.17) is 27.9 Å². The second kappa shape index (κ2) is 13.7. The summed E-state index contributed by atoms with van der Waals surface area (Å²) in [7, 11) is 0. The van der Waals surface area contributed by atoms with Gasteiger partial charge in [0.1, 0.15) is 11.8 Å². The number of rotatable bonds is 10. The maximum absolute atomic E-state index is 13.5. The SMILES string of the molecule is CC[C@@H](C(=O)NC1CCCCC1)N(Cc1ccc(Cl)cc1Cl)C(=O)COc1ccc(C(C)C)cc1Br. The molecule has 36 heavy (non-hydrogen) atoms. The fourth-order valence-corrected chi connectivity index (χ4v) is 5.49. The van der Waals surface area contributed by atoms with Crippen LogP contribution in [0.2, 0.25) is 10.0 Å². The second-order valence-corrected chi connectivity index (χ2v) is 11.4. The molecule has 1 atom stereocenters. The highest BCUT2D eigenvalue weighted by atomic mass is 79.9. The van der Waals surface area contributed by atoms with Crippen LogP contribution in [0.15, 0.2) is 40.9 Å². The van der Waals surface area contributed by atoms with Gasteiger partial charge in [0.2, 0.25) is 5.91 Å². The van der Waals surface area contributed by atoms with Crippen LogP contribution in [0, 0.1) is 0 Å². The standard InChI is InChI=1S/C28H35BrCl2N2O3/c1-4-25(28(35)32-22-8-6-5-7-9-22)33(16-20-10-12-21(30)15-24(20)31)27(34)17-36-26-13-11-19(18(2)3)14-23(26)29/h10-15,18,22,25H,4-9,16-17H2,1-3H3,(H,32,35)/t25-/m0/s1. The smallest absolute Gasteiger partial charge is 0.261 e. The Bertz CT molecular complexity index is 1060. The fraction of sp³-hybridized carbons (Fsp3) is 0.500. The third-order valence-corrected chi connectivity index (χ3v) is 7.87. The van der Waals surface area contributed by atoms with Crippen molar-refractivity contribution in [1.82, 2.24) is 10.2 Å². The first-order valence-electron chi connectivity index (χ1n) is 12.7. The molecular formula is C28H35BrCl2N2O3. The van der Waals surface area contributed by atoms with Crippen LogP contribution in [0.4, 0.5) is 0 Å². The van der Waals surface area contributed by atoms with Crippen LogP contribution < -0.4 is 10.1 Å². The maximum Gasteiger partial charge on any atom is 0.261 e. The molecule has 0 heterocycles. The number of hydrogen-bond acceptors (Lipinski definition) is 3. The topological polar surface area (TPSA) is 58.6 Å².